The number of hydrogen-bond donors (Lipinski definition) is 1. The Morgan fingerprint density at radius 1 is 1.08 bits per heavy atom. The minimum absolute atomic E-state index is 0.272. The maximum absolute atomic E-state index is 12.6. The van der Waals surface area contributed by atoms with Gasteiger partial charge in [0, 0.05) is 6.04 Å². The quantitative estimate of drug-likeness (QED) is 0.670. The van der Waals surface area contributed by atoms with E-state index in [1.165, 1.54) is 0 Å². The number of sulfonamides is 1. The van der Waals surface area contributed by atoms with Crippen molar-refractivity contribution < 1.29 is 13.2 Å². The molecule has 1 atom stereocenters. The molecule has 2 rings (SSSR count). The maximum Gasteiger partial charge on any atom is 0.240 e. The number of hydrogen-bond acceptors (Lipinski definition) is 3. The predicted octanol–water partition coefficient (Wildman–Crippen LogP) is 4.22. The van der Waals surface area contributed by atoms with Crippen LogP contribution in [0.5, 0.6) is 0 Å². The summed E-state index contributed by atoms with van der Waals surface area (Å²) >= 11 is 0. The van der Waals surface area contributed by atoms with Crippen LogP contribution < -0.4 is 4.72 Å². The van der Waals surface area contributed by atoms with Gasteiger partial charge in [-0.1, -0.05) is 59.7 Å². The average molecular weight is 374 g/mol. The van der Waals surface area contributed by atoms with Gasteiger partial charge in [0.05, 0.1) is 18.1 Å². The third-order valence-corrected chi connectivity index (χ3v) is 5.43. The average Bonchev–Trinajstić information content (AvgIpc) is 2.60. The van der Waals surface area contributed by atoms with E-state index in [0.717, 1.165) is 16.7 Å². The highest BCUT2D eigenvalue weighted by Gasteiger charge is 2.19. The molecule has 26 heavy (non-hydrogen) atoms. The molecule has 0 aromatic heterocycles. The summed E-state index contributed by atoms with van der Waals surface area (Å²) in [6.07, 6.45) is 2.61. The zero-order valence-corrected chi connectivity index (χ0v) is 16.4. The molecule has 0 aliphatic carbocycles. The first-order valence-corrected chi connectivity index (χ1v) is 10.2. The third-order valence-electron chi connectivity index (χ3n) is 3.89. The van der Waals surface area contributed by atoms with Crippen molar-refractivity contribution in [2.75, 3.05) is 6.61 Å². The molecule has 0 amide bonds. The van der Waals surface area contributed by atoms with Gasteiger partial charge in [0.15, 0.2) is 0 Å². The first-order valence-electron chi connectivity index (χ1n) is 8.71. The van der Waals surface area contributed by atoms with Crippen molar-refractivity contribution in [3.8, 4) is 0 Å². The summed E-state index contributed by atoms with van der Waals surface area (Å²) in [7, 11) is -3.58. The molecule has 4 nitrogen and oxygen atoms in total. The minimum Gasteiger partial charge on any atom is -0.375 e. The van der Waals surface area contributed by atoms with Crippen LogP contribution in [0, 0.1) is 6.92 Å². The maximum atomic E-state index is 12.6. The van der Waals surface area contributed by atoms with Crippen LogP contribution in [0.1, 0.15) is 31.4 Å². The van der Waals surface area contributed by atoms with Gasteiger partial charge in [-0.05, 0) is 44.9 Å². The lowest BCUT2D eigenvalue weighted by atomic mass is 10.2. The highest BCUT2D eigenvalue weighted by Crippen LogP contribution is 2.12. The van der Waals surface area contributed by atoms with Crippen molar-refractivity contribution in [2.24, 2.45) is 0 Å². The Morgan fingerprint density at radius 3 is 2.35 bits per heavy atom. The summed E-state index contributed by atoms with van der Waals surface area (Å²) in [6.45, 7) is 6.69. The Bertz CT molecular complexity index is 808. The third kappa shape index (κ3) is 6.75. The van der Waals surface area contributed by atoms with Gasteiger partial charge >= 0.3 is 0 Å². The van der Waals surface area contributed by atoms with E-state index >= 15 is 0 Å². The Hall–Kier alpha value is -1.95. The lowest BCUT2D eigenvalue weighted by Crippen LogP contribution is -2.38. The van der Waals surface area contributed by atoms with Gasteiger partial charge in [-0.25, -0.2) is 13.1 Å². The molecule has 0 radical (unpaired) electrons. The van der Waals surface area contributed by atoms with Crippen molar-refractivity contribution in [1.82, 2.24) is 4.72 Å². The van der Waals surface area contributed by atoms with E-state index in [4.69, 9.17) is 4.74 Å². The molecule has 2 aromatic rings. The van der Waals surface area contributed by atoms with Crippen LogP contribution in [0.3, 0.4) is 0 Å². The molecule has 0 aliphatic heterocycles. The molecule has 0 saturated carbocycles. The van der Waals surface area contributed by atoms with Crippen molar-refractivity contribution in [3.63, 3.8) is 0 Å². The van der Waals surface area contributed by atoms with Crippen LogP contribution in [0.2, 0.25) is 0 Å². The molecule has 0 unspecified atom stereocenters. The summed E-state index contributed by atoms with van der Waals surface area (Å²) in [4.78, 5) is 0.272. The minimum atomic E-state index is -3.58. The summed E-state index contributed by atoms with van der Waals surface area (Å²) < 4.78 is 33.8. The van der Waals surface area contributed by atoms with E-state index in [1.807, 2.05) is 57.2 Å². The van der Waals surface area contributed by atoms with Gasteiger partial charge < -0.3 is 4.74 Å². The van der Waals surface area contributed by atoms with Crippen molar-refractivity contribution in [2.45, 2.75) is 44.7 Å². The van der Waals surface area contributed by atoms with E-state index in [2.05, 4.69) is 4.72 Å². The summed E-state index contributed by atoms with van der Waals surface area (Å²) in [5.74, 6) is 0. The van der Waals surface area contributed by atoms with Crippen LogP contribution in [-0.2, 0) is 21.4 Å². The predicted molar refractivity (Wildman–Crippen MR) is 105 cm³/mol. The zero-order valence-electron chi connectivity index (χ0n) is 15.6. The fourth-order valence-electron chi connectivity index (χ4n) is 2.43. The molecule has 0 bridgehead atoms. The second-order valence-corrected chi connectivity index (χ2v) is 8.36. The number of ether oxygens (including phenoxy) is 1. The fourth-order valence-corrected chi connectivity index (χ4v) is 3.66. The Kier molecular flexibility index (Phi) is 7.57. The van der Waals surface area contributed by atoms with Crippen LogP contribution in [0.4, 0.5) is 0 Å². The molecular weight excluding hydrogens is 346 g/mol. The monoisotopic (exact) mass is 373 g/mol. The smallest absolute Gasteiger partial charge is 0.240 e. The van der Waals surface area contributed by atoms with E-state index < -0.39 is 10.0 Å². The van der Waals surface area contributed by atoms with Gasteiger partial charge in [-0.15, -0.1) is 0 Å². The van der Waals surface area contributed by atoms with Crippen LogP contribution in [0.15, 0.2) is 71.1 Å². The second kappa shape index (κ2) is 9.67. The van der Waals surface area contributed by atoms with Crippen molar-refractivity contribution in [3.05, 3.63) is 77.4 Å². The topological polar surface area (TPSA) is 55.4 Å². The first kappa shape index (κ1) is 20.4. The molecule has 140 valence electrons. The summed E-state index contributed by atoms with van der Waals surface area (Å²) in [5.41, 5.74) is 3.23. The molecule has 0 heterocycles. The standard InChI is InChI=1S/C21H27NO3S/c1-17(2)9-12-20(16-25-15-19-7-5-4-6-8-19)22-26(23,24)21-13-10-18(3)11-14-21/h4-11,13-14,20,22H,12,15-16H2,1-3H3/t20-/m0/s1. The molecule has 5 heteroatoms. The number of aryl methyl sites for hydroxylation is 1. The highest BCUT2D eigenvalue weighted by atomic mass is 32.2. The number of benzene rings is 2. The fraction of sp³-hybridized carbons (Fsp3) is 0.333. The van der Waals surface area contributed by atoms with Gasteiger partial charge in [-0.3, -0.25) is 0 Å². The normalized spacial score (nSPS) is 12.6. The van der Waals surface area contributed by atoms with Gasteiger partial charge in [0.1, 0.15) is 0 Å². The number of nitrogens with one attached hydrogen (secondary N) is 1. The van der Waals surface area contributed by atoms with Gasteiger partial charge in [-0.2, -0.15) is 0 Å². The molecule has 0 spiro atoms. The highest BCUT2D eigenvalue weighted by molar-refractivity contribution is 7.89. The van der Waals surface area contributed by atoms with Crippen LogP contribution in [0.25, 0.3) is 0 Å². The summed E-state index contributed by atoms with van der Waals surface area (Å²) in [5, 5.41) is 0. The largest absolute Gasteiger partial charge is 0.375 e. The van der Waals surface area contributed by atoms with Gasteiger partial charge in [0.2, 0.25) is 10.0 Å². The summed E-state index contributed by atoms with van der Waals surface area (Å²) in [6, 6.07) is 16.4. The van der Waals surface area contributed by atoms with Gasteiger partial charge in [0.25, 0.3) is 0 Å². The molecule has 0 aliphatic rings. The van der Waals surface area contributed by atoms with Crippen LogP contribution >= 0.6 is 0 Å². The Labute approximate surface area is 157 Å². The molecule has 1 N–H and O–H groups in total. The molecule has 0 saturated heterocycles. The lowest BCUT2D eigenvalue weighted by molar-refractivity contribution is 0.104. The number of allylic oxidation sites excluding steroid dienone is 1. The molecular formula is C21H27NO3S. The van der Waals surface area contributed by atoms with Crippen molar-refractivity contribution >= 4 is 10.0 Å². The molecule has 0 fully saturated rings. The van der Waals surface area contributed by atoms with Crippen molar-refractivity contribution in [1.29, 1.82) is 0 Å². The number of rotatable bonds is 9. The van der Waals surface area contributed by atoms with E-state index in [1.54, 1.807) is 24.3 Å². The lowest BCUT2D eigenvalue weighted by Gasteiger charge is -2.18. The zero-order chi connectivity index (χ0) is 19.0. The molecule has 2 aromatic carbocycles. The second-order valence-electron chi connectivity index (χ2n) is 6.65. The SMILES string of the molecule is CC(C)=CC[C@@H](COCc1ccccc1)NS(=O)(=O)c1ccc(C)cc1. The van der Waals surface area contributed by atoms with Crippen LogP contribution in [-0.4, -0.2) is 21.1 Å². The van der Waals surface area contributed by atoms with E-state index in [9.17, 15) is 8.42 Å². The van der Waals surface area contributed by atoms with E-state index in [-0.39, 0.29) is 10.9 Å². The first-order chi connectivity index (χ1) is 12.4. The Morgan fingerprint density at radius 2 is 1.73 bits per heavy atom. The van der Waals surface area contributed by atoms with E-state index in [0.29, 0.717) is 19.6 Å². The Balaban J connectivity index is 2.03.